The molecule has 1 fully saturated rings. The molecule has 0 radical (unpaired) electrons. The highest BCUT2D eigenvalue weighted by molar-refractivity contribution is 6.01. The Hall–Kier alpha value is -3.98. The third-order valence-corrected chi connectivity index (χ3v) is 7.41. The van der Waals surface area contributed by atoms with Gasteiger partial charge < -0.3 is 15.1 Å². The summed E-state index contributed by atoms with van der Waals surface area (Å²) in [5.74, 6) is -0.787. The van der Waals surface area contributed by atoms with Gasteiger partial charge in [-0.05, 0) is 18.1 Å². The molecule has 2 aliphatic heterocycles. The van der Waals surface area contributed by atoms with Crippen LogP contribution in [0.1, 0.15) is 39.0 Å². The molecular formula is C28H32N6O3. The van der Waals surface area contributed by atoms with E-state index in [0.29, 0.717) is 25.3 Å². The van der Waals surface area contributed by atoms with Crippen LogP contribution >= 0.6 is 0 Å². The SMILES string of the molecule is CN1C(=O)c2cc(C(=O)N3CCN(Cc4ccccc4)CC3)nn2C[C@]1(C)C(=O)NCc1ccccc1. The number of hydrogen-bond acceptors (Lipinski definition) is 5. The smallest absolute Gasteiger partial charge is 0.274 e. The van der Waals surface area contributed by atoms with Gasteiger partial charge in [0.25, 0.3) is 11.8 Å². The first-order chi connectivity index (χ1) is 17.8. The molecular weight excluding hydrogens is 468 g/mol. The third kappa shape index (κ3) is 4.99. The lowest BCUT2D eigenvalue weighted by molar-refractivity contribution is -0.132. The Labute approximate surface area is 216 Å². The molecule has 9 nitrogen and oxygen atoms in total. The lowest BCUT2D eigenvalue weighted by Crippen LogP contribution is -2.62. The minimum absolute atomic E-state index is 0.170. The standard InChI is InChI=1S/C28H32N6O3/c1-28(27(37)29-18-21-9-5-3-6-10-21)20-34-24(26(36)31(28)2)17-23(30-34)25(35)33-15-13-32(14-16-33)19-22-11-7-4-8-12-22/h3-12,17H,13-16,18-20H2,1-2H3,(H,29,37)/t28-/m1/s1. The van der Waals surface area contributed by atoms with Gasteiger partial charge in [0.15, 0.2) is 5.69 Å². The molecule has 37 heavy (non-hydrogen) atoms. The van der Waals surface area contributed by atoms with Crippen LogP contribution in [-0.4, -0.2) is 81.0 Å². The van der Waals surface area contributed by atoms with Crippen LogP contribution in [0.3, 0.4) is 0 Å². The molecule has 2 aromatic carbocycles. The maximum Gasteiger partial charge on any atom is 0.274 e. The molecule has 1 aromatic heterocycles. The number of benzene rings is 2. The molecule has 192 valence electrons. The Bertz CT molecular complexity index is 1280. The van der Waals surface area contributed by atoms with E-state index in [2.05, 4.69) is 27.4 Å². The first-order valence-corrected chi connectivity index (χ1v) is 12.6. The maximum atomic E-state index is 13.3. The predicted molar refractivity (Wildman–Crippen MR) is 139 cm³/mol. The van der Waals surface area contributed by atoms with Crippen molar-refractivity contribution in [3.63, 3.8) is 0 Å². The van der Waals surface area contributed by atoms with Crippen molar-refractivity contribution in [2.45, 2.75) is 32.1 Å². The van der Waals surface area contributed by atoms with Gasteiger partial charge in [-0.2, -0.15) is 5.10 Å². The number of rotatable bonds is 6. The molecule has 3 amide bonds. The average Bonchev–Trinajstić information content (AvgIpc) is 3.35. The Morgan fingerprint density at radius 2 is 1.57 bits per heavy atom. The van der Waals surface area contributed by atoms with Crippen LogP contribution < -0.4 is 5.32 Å². The Balaban J connectivity index is 1.24. The van der Waals surface area contributed by atoms with Gasteiger partial charge in [-0.1, -0.05) is 60.7 Å². The summed E-state index contributed by atoms with van der Waals surface area (Å²) in [6.45, 7) is 5.86. The monoisotopic (exact) mass is 500 g/mol. The van der Waals surface area contributed by atoms with E-state index >= 15 is 0 Å². The lowest BCUT2D eigenvalue weighted by Gasteiger charge is -2.40. The van der Waals surface area contributed by atoms with Crippen LogP contribution in [0.25, 0.3) is 0 Å². The number of piperazine rings is 1. The Morgan fingerprint density at radius 3 is 2.22 bits per heavy atom. The van der Waals surface area contributed by atoms with Crippen molar-refractivity contribution in [3.05, 3.63) is 89.2 Å². The predicted octanol–water partition coefficient (Wildman–Crippen LogP) is 2.00. The van der Waals surface area contributed by atoms with Crippen LogP contribution in [0.2, 0.25) is 0 Å². The largest absolute Gasteiger partial charge is 0.350 e. The Kier molecular flexibility index (Phi) is 6.80. The van der Waals surface area contributed by atoms with Crippen LogP contribution in [0, 0.1) is 0 Å². The number of hydrogen-bond donors (Lipinski definition) is 1. The number of carbonyl (C=O) groups is 3. The van der Waals surface area contributed by atoms with Gasteiger partial charge in [-0.3, -0.25) is 24.0 Å². The van der Waals surface area contributed by atoms with Crippen molar-refractivity contribution in [2.24, 2.45) is 0 Å². The van der Waals surface area contributed by atoms with Crippen LogP contribution in [0.4, 0.5) is 0 Å². The molecule has 1 saturated heterocycles. The molecule has 0 unspecified atom stereocenters. The van der Waals surface area contributed by atoms with E-state index < -0.39 is 5.54 Å². The van der Waals surface area contributed by atoms with Crippen molar-refractivity contribution in [3.8, 4) is 0 Å². The zero-order chi connectivity index (χ0) is 26.0. The van der Waals surface area contributed by atoms with Crippen LogP contribution in [-0.2, 0) is 24.4 Å². The van der Waals surface area contributed by atoms with Crippen molar-refractivity contribution >= 4 is 17.7 Å². The van der Waals surface area contributed by atoms with E-state index in [0.717, 1.165) is 25.2 Å². The van der Waals surface area contributed by atoms with E-state index in [1.807, 2.05) is 48.5 Å². The summed E-state index contributed by atoms with van der Waals surface area (Å²) in [7, 11) is 1.62. The van der Waals surface area contributed by atoms with Crippen LogP contribution in [0.5, 0.6) is 0 Å². The van der Waals surface area contributed by atoms with Gasteiger partial charge in [0, 0.05) is 52.4 Å². The summed E-state index contributed by atoms with van der Waals surface area (Å²) in [5.41, 5.74) is 1.65. The topological polar surface area (TPSA) is 90.8 Å². The van der Waals surface area contributed by atoms with Gasteiger partial charge in [0.1, 0.15) is 11.2 Å². The molecule has 9 heteroatoms. The number of fused-ring (bicyclic) bond motifs is 1. The molecule has 1 atom stereocenters. The number of carbonyl (C=O) groups excluding carboxylic acids is 3. The van der Waals surface area contributed by atoms with E-state index in [1.165, 1.54) is 15.1 Å². The van der Waals surface area contributed by atoms with Crippen molar-refractivity contribution in [1.29, 1.82) is 0 Å². The van der Waals surface area contributed by atoms with E-state index in [4.69, 9.17) is 0 Å². The van der Waals surface area contributed by atoms with E-state index in [9.17, 15) is 14.4 Å². The molecule has 5 rings (SSSR count). The third-order valence-electron chi connectivity index (χ3n) is 7.41. The van der Waals surface area contributed by atoms with Crippen LogP contribution in [0.15, 0.2) is 66.7 Å². The summed E-state index contributed by atoms with van der Waals surface area (Å²) in [5, 5.41) is 7.42. The second-order valence-corrected chi connectivity index (χ2v) is 9.93. The fourth-order valence-electron chi connectivity index (χ4n) is 4.91. The number of nitrogens with one attached hydrogen (secondary N) is 1. The Morgan fingerprint density at radius 1 is 0.946 bits per heavy atom. The van der Waals surface area contributed by atoms with Gasteiger partial charge in [-0.25, -0.2) is 0 Å². The second-order valence-electron chi connectivity index (χ2n) is 9.93. The molecule has 2 aliphatic rings. The van der Waals surface area contributed by atoms with Crippen molar-refractivity contribution in [1.82, 2.24) is 29.8 Å². The van der Waals surface area contributed by atoms with Gasteiger partial charge in [0.2, 0.25) is 5.91 Å². The zero-order valence-corrected chi connectivity index (χ0v) is 21.3. The molecule has 0 aliphatic carbocycles. The molecule has 3 heterocycles. The van der Waals surface area contributed by atoms with Crippen molar-refractivity contribution in [2.75, 3.05) is 33.2 Å². The summed E-state index contributed by atoms with van der Waals surface area (Å²) in [6.07, 6.45) is 0. The molecule has 0 saturated carbocycles. The van der Waals surface area contributed by atoms with Crippen molar-refractivity contribution < 1.29 is 14.4 Å². The maximum absolute atomic E-state index is 13.3. The highest BCUT2D eigenvalue weighted by Gasteiger charge is 2.46. The quantitative estimate of drug-likeness (QED) is 0.559. The first-order valence-electron chi connectivity index (χ1n) is 12.6. The minimum Gasteiger partial charge on any atom is -0.350 e. The fourth-order valence-corrected chi connectivity index (χ4v) is 4.91. The van der Waals surface area contributed by atoms with Gasteiger partial charge in [-0.15, -0.1) is 0 Å². The number of likely N-dealkylation sites (N-methyl/N-ethyl adjacent to an activating group) is 1. The summed E-state index contributed by atoms with van der Waals surface area (Å²) >= 11 is 0. The first kappa shape index (κ1) is 24.7. The highest BCUT2D eigenvalue weighted by atomic mass is 16.2. The minimum atomic E-state index is -1.13. The molecule has 0 bridgehead atoms. The average molecular weight is 501 g/mol. The molecule has 0 spiro atoms. The fraction of sp³-hybridized carbons (Fsp3) is 0.357. The summed E-state index contributed by atoms with van der Waals surface area (Å²) in [4.78, 5) is 45.2. The summed E-state index contributed by atoms with van der Waals surface area (Å²) < 4.78 is 1.50. The molecule has 1 N–H and O–H groups in total. The zero-order valence-electron chi connectivity index (χ0n) is 21.3. The number of amides is 3. The van der Waals surface area contributed by atoms with E-state index in [-0.39, 0.29) is 30.0 Å². The lowest BCUT2D eigenvalue weighted by atomic mass is 9.96. The van der Waals surface area contributed by atoms with Gasteiger partial charge >= 0.3 is 0 Å². The van der Waals surface area contributed by atoms with E-state index in [1.54, 1.807) is 24.9 Å². The molecule has 3 aromatic rings. The summed E-state index contributed by atoms with van der Waals surface area (Å²) in [6, 6.07) is 21.5. The highest BCUT2D eigenvalue weighted by Crippen LogP contribution is 2.26. The van der Waals surface area contributed by atoms with Gasteiger partial charge in [0.05, 0.1) is 6.54 Å². The normalized spacial score (nSPS) is 20.0. The second kappa shape index (κ2) is 10.2. The number of aromatic nitrogens is 2. The number of nitrogens with zero attached hydrogens (tertiary/aromatic N) is 5.